The first-order chi connectivity index (χ1) is 8.31. The van der Waals surface area contributed by atoms with Crippen molar-refractivity contribution in [2.45, 2.75) is 6.92 Å². The van der Waals surface area contributed by atoms with Gasteiger partial charge in [0.15, 0.2) is 0 Å². The van der Waals surface area contributed by atoms with Crippen LogP contribution in [-0.2, 0) is 9.53 Å². The van der Waals surface area contributed by atoms with Crippen LogP contribution in [0.15, 0.2) is 47.1 Å². The average Bonchev–Trinajstić information content (AvgIpc) is 2.40. The van der Waals surface area contributed by atoms with Gasteiger partial charge < -0.3 is 4.74 Å². The van der Waals surface area contributed by atoms with Gasteiger partial charge in [-0.2, -0.15) is 5.10 Å². The van der Waals surface area contributed by atoms with E-state index in [-0.39, 0.29) is 5.97 Å². The van der Waals surface area contributed by atoms with Crippen molar-refractivity contribution in [2.24, 2.45) is 5.10 Å². The van der Waals surface area contributed by atoms with Crippen LogP contribution >= 0.6 is 0 Å². The van der Waals surface area contributed by atoms with Crippen LogP contribution in [0.5, 0.6) is 0 Å². The number of anilines is 1. The van der Waals surface area contributed by atoms with Gasteiger partial charge in [-0.1, -0.05) is 18.2 Å². The van der Waals surface area contributed by atoms with Crippen molar-refractivity contribution in [1.29, 1.82) is 0 Å². The monoisotopic (exact) mass is 230 g/mol. The Balaban J connectivity index is 2.10. The predicted octanol–water partition coefficient (Wildman–Crippen LogP) is 1.98. The molecule has 1 aromatic rings. The lowest BCUT2D eigenvalue weighted by molar-refractivity contribution is -0.138. The van der Waals surface area contributed by atoms with E-state index >= 15 is 0 Å². The van der Waals surface area contributed by atoms with Gasteiger partial charge in [0.2, 0.25) is 0 Å². The second kappa shape index (κ2) is 5.30. The zero-order chi connectivity index (χ0) is 12.1. The highest BCUT2D eigenvalue weighted by Crippen LogP contribution is 2.17. The predicted molar refractivity (Wildman–Crippen MR) is 67.0 cm³/mol. The Morgan fingerprint density at radius 2 is 2.18 bits per heavy atom. The summed E-state index contributed by atoms with van der Waals surface area (Å²) in [6.07, 6.45) is 3.31. The molecular weight excluding hydrogens is 216 g/mol. The van der Waals surface area contributed by atoms with Crippen molar-refractivity contribution in [3.63, 3.8) is 0 Å². The molecule has 1 aliphatic heterocycles. The van der Waals surface area contributed by atoms with E-state index in [0.717, 1.165) is 5.69 Å². The van der Waals surface area contributed by atoms with Crippen molar-refractivity contribution in [3.05, 3.63) is 42.0 Å². The number of carbonyl (C=O) groups excluding carboxylic acids is 1. The van der Waals surface area contributed by atoms with Gasteiger partial charge in [-0.15, -0.1) is 0 Å². The standard InChI is InChI=1S/C13H14N2O2/c1-2-17-13(16)11-8-9-14-15(10-11)12-6-4-3-5-7-12/h3-9H,2,10H2,1H3. The first-order valence-electron chi connectivity index (χ1n) is 5.54. The zero-order valence-corrected chi connectivity index (χ0v) is 9.67. The van der Waals surface area contributed by atoms with E-state index in [1.165, 1.54) is 0 Å². The third-order valence-electron chi connectivity index (χ3n) is 2.39. The summed E-state index contributed by atoms with van der Waals surface area (Å²) in [5.41, 5.74) is 1.57. The summed E-state index contributed by atoms with van der Waals surface area (Å²) >= 11 is 0. The molecule has 4 heteroatoms. The number of ether oxygens (including phenoxy) is 1. The van der Waals surface area contributed by atoms with Crippen LogP contribution in [0.2, 0.25) is 0 Å². The number of benzene rings is 1. The summed E-state index contributed by atoms with van der Waals surface area (Å²) in [4.78, 5) is 11.6. The Hall–Kier alpha value is -2.10. The van der Waals surface area contributed by atoms with Crippen molar-refractivity contribution >= 4 is 17.9 Å². The van der Waals surface area contributed by atoms with Crippen molar-refractivity contribution < 1.29 is 9.53 Å². The Kier molecular flexibility index (Phi) is 3.55. The van der Waals surface area contributed by atoms with Crippen LogP contribution in [0.25, 0.3) is 0 Å². The molecule has 0 atom stereocenters. The number of nitrogens with zero attached hydrogens (tertiary/aromatic N) is 2. The number of para-hydroxylation sites is 1. The summed E-state index contributed by atoms with van der Waals surface area (Å²) in [6, 6.07) is 9.72. The van der Waals surface area contributed by atoms with Crippen LogP contribution in [0.3, 0.4) is 0 Å². The third-order valence-corrected chi connectivity index (χ3v) is 2.39. The van der Waals surface area contributed by atoms with Crippen molar-refractivity contribution in [2.75, 3.05) is 18.2 Å². The molecule has 0 saturated heterocycles. The molecule has 4 nitrogen and oxygen atoms in total. The number of rotatable bonds is 3. The molecule has 0 unspecified atom stereocenters. The largest absolute Gasteiger partial charge is 0.463 e. The molecule has 0 saturated carbocycles. The van der Waals surface area contributed by atoms with Crippen LogP contribution in [0.4, 0.5) is 5.69 Å². The summed E-state index contributed by atoms with van der Waals surface area (Å²) in [6.45, 7) is 2.63. The summed E-state index contributed by atoms with van der Waals surface area (Å²) in [5.74, 6) is -0.278. The lowest BCUT2D eigenvalue weighted by Crippen LogP contribution is -2.26. The second-order valence-corrected chi connectivity index (χ2v) is 3.57. The quantitative estimate of drug-likeness (QED) is 0.746. The van der Waals surface area contributed by atoms with E-state index in [0.29, 0.717) is 18.7 Å². The maximum atomic E-state index is 11.6. The Labute approximate surface area is 100 Å². The van der Waals surface area contributed by atoms with Crippen LogP contribution in [0.1, 0.15) is 6.92 Å². The van der Waals surface area contributed by atoms with E-state index in [1.54, 1.807) is 24.2 Å². The van der Waals surface area contributed by atoms with E-state index in [4.69, 9.17) is 4.74 Å². The number of esters is 1. The fraction of sp³-hybridized carbons (Fsp3) is 0.231. The topological polar surface area (TPSA) is 41.9 Å². The molecule has 88 valence electrons. The lowest BCUT2D eigenvalue weighted by Gasteiger charge is -2.22. The van der Waals surface area contributed by atoms with E-state index in [9.17, 15) is 4.79 Å². The minimum atomic E-state index is -0.278. The Morgan fingerprint density at radius 3 is 2.88 bits per heavy atom. The molecule has 2 rings (SSSR count). The number of hydrogen-bond acceptors (Lipinski definition) is 4. The highest BCUT2D eigenvalue weighted by atomic mass is 16.5. The number of allylic oxidation sites excluding steroid dienone is 1. The van der Waals surface area contributed by atoms with Gasteiger partial charge in [0.25, 0.3) is 0 Å². The fourth-order valence-electron chi connectivity index (χ4n) is 1.57. The van der Waals surface area contributed by atoms with Crippen LogP contribution < -0.4 is 5.01 Å². The van der Waals surface area contributed by atoms with Gasteiger partial charge in [0, 0.05) is 6.21 Å². The highest BCUT2D eigenvalue weighted by molar-refractivity contribution is 5.95. The molecule has 0 N–H and O–H groups in total. The number of carbonyl (C=O) groups is 1. The molecule has 0 bridgehead atoms. The molecule has 17 heavy (non-hydrogen) atoms. The van der Waals surface area contributed by atoms with Crippen LogP contribution in [-0.4, -0.2) is 25.3 Å². The van der Waals surface area contributed by atoms with Gasteiger partial charge >= 0.3 is 5.97 Å². The average molecular weight is 230 g/mol. The molecule has 0 aliphatic carbocycles. The second-order valence-electron chi connectivity index (χ2n) is 3.57. The molecular formula is C13H14N2O2. The molecule has 0 spiro atoms. The zero-order valence-electron chi connectivity index (χ0n) is 9.67. The summed E-state index contributed by atoms with van der Waals surface area (Å²) in [7, 11) is 0. The molecule has 0 radical (unpaired) electrons. The molecule has 1 aromatic carbocycles. The van der Waals surface area contributed by atoms with Crippen LogP contribution in [0, 0.1) is 0 Å². The maximum Gasteiger partial charge on any atom is 0.335 e. The molecule has 1 heterocycles. The SMILES string of the molecule is CCOC(=O)C1=CC=NN(c2ccccc2)C1. The molecule has 0 amide bonds. The molecule has 1 aliphatic rings. The van der Waals surface area contributed by atoms with Gasteiger partial charge in [-0.3, -0.25) is 5.01 Å². The first kappa shape index (κ1) is 11.4. The minimum Gasteiger partial charge on any atom is -0.463 e. The van der Waals surface area contributed by atoms with E-state index < -0.39 is 0 Å². The number of hydrazone groups is 1. The van der Waals surface area contributed by atoms with Gasteiger partial charge in [-0.25, -0.2) is 4.79 Å². The minimum absolute atomic E-state index is 0.278. The van der Waals surface area contributed by atoms with Gasteiger partial charge in [0.1, 0.15) is 0 Å². The van der Waals surface area contributed by atoms with Crippen molar-refractivity contribution in [3.8, 4) is 0 Å². The smallest absolute Gasteiger partial charge is 0.335 e. The number of hydrogen-bond donors (Lipinski definition) is 0. The van der Waals surface area contributed by atoms with Crippen molar-refractivity contribution in [1.82, 2.24) is 0 Å². The fourth-order valence-corrected chi connectivity index (χ4v) is 1.57. The first-order valence-corrected chi connectivity index (χ1v) is 5.54. The van der Waals surface area contributed by atoms with E-state index in [1.807, 2.05) is 30.3 Å². The van der Waals surface area contributed by atoms with Gasteiger partial charge in [-0.05, 0) is 25.1 Å². The van der Waals surface area contributed by atoms with E-state index in [2.05, 4.69) is 5.10 Å². The summed E-state index contributed by atoms with van der Waals surface area (Å²) < 4.78 is 4.97. The summed E-state index contributed by atoms with van der Waals surface area (Å²) in [5, 5.41) is 5.99. The highest BCUT2D eigenvalue weighted by Gasteiger charge is 2.17. The molecule has 0 fully saturated rings. The third kappa shape index (κ3) is 2.72. The Morgan fingerprint density at radius 1 is 1.41 bits per heavy atom. The van der Waals surface area contributed by atoms with Gasteiger partial charge in [0.05, 0.1) is 24.4 Å². The maximum absolute atomic E-state index is 11.6. The molecule has 0 aromatic heterocycles. The Bertz CT molecular complexity index is 452. The lowest BCUT2D eigenvalue weighted by atomic mass is 10.2. The normalized spacial score (nSPS) is 14.4.